The van der Waals surface area contributed by atoms with Crippen molar-refractivity contribution in [3.8, 4) is 5.75 Å². The SMILES string of the molecule is Cc1ccc2c(c1)C(NC(C)C)CC(C)O2. The average molecular weight is 219 g/mol. The minimum absolute atomic E-state index is 0.298. The van der Waals surface area contributed by atoms with Crippen LogP contribution in [0.25, 0.3) is 0 Å². The molecule has 0 aromatic heterocycles. The maximum absolute atomic E-state index is 5.86. The van der Waals surface area contributed by atoms with Gasteiger partial charge >= 0.3 is 0 Å². The molecular weight excluding hydrogens is 198 g/mol. The molecule has 1 heterocycles. The minimum atomic E-state index is 0.298. The van der Waals surface area contributed by atoms with Crippen LogP contribution in [0, 0.1) is 6.92 Å². The molecule has 0 aliphatic carbocycles. The van der Waals surface area contributed by atoms with Crippen molar-refractivity contribution in [1.82, 2.24) is 5.32 Å². The normalized spacial score (nSPS) is 24.1. The van der Waals surface area contributed by atoms with Gasteiger partial charge in [-0.05, 0) is 19.9 Å². The topological polar surface area (TPSA) is 21.3 Å². The van der Waals surface area contributed by atoms with Crippen molar-refractivity contribution in [2.45, 2.75) is 52.3 Å². The van der Waals surface area contributed by atoms with E-state index in [-0.39, 0.29) is 0 Å². The highest BCUT2D eigenvalue weighted by Gasteiger charge is 2.25. The van der Waals surface area contributed by atoms with E-state index in [1.165, 1.54) is 11.1 Å². The number of rotatable bonds is 2. The van der Waals surface area contributed by atoms with E-state index < -0.39 is 0 Å². The number of hydrogen-bond donors (Lipinski definition) is 1. The van der Waals surface area contributed by atoms with Crippen LogP contribution in [-0.4, -0.2) is 12.1 Å². The zero-order valence-corrected chi connectivity index (χ0v) is 10.6. The second kappa shape index (κ2) is 4.46. The first-order valence-corrected chi connectivity index (χ1v) is 6.09. The molecule has 2 heteroatoms. The molecule has 1 aliphatic rings. The van der Waals surface area contributed by atoms with Crippen LogP contribution in [0.1, 0.15) is 44.4 Å². The van der Waals surface area contributed by atoms with Crippen molar-refractivity contribution in [2.24, 2.45) is 0 Å². The molecule has 2 unspecified atom stereocenters. The monoisotopic (exact) mass is 219 g/mol. The molecular formula is C14H21NO. The Balaban J connectivity index is 2.31. The van der Waals surface area contributed by atoms with Gasteiger partial charge in [0.05, 0.1) is 6.10 Å². The summed E-state index contributed by atoms with van der Waals surface area (Å²) in [4.78, 5) is 0. The van der Waals surface area contributed by atoms with Crippen molar-refractivity contribution < 1.29 is 4.74 Å². The highest BCUT2D eigenvalue weighted by atomic mass is 16.5. The van der Waals surface area contributed by atoms with Gasteiger partial charge in [0.1, 0.15) is 5.75 Å². The predicted octanol–water partition coefficient (Wildman–Crippen LogP) is 3.21. The number of fused-ring (bicyclic) bond motifs is 1. The summed E-state index contributed by atoms with van der Waals surface area (Å²) in [6, 6.07) is 7.38. The third kappa shape index (κ3) is 2.38. The van der Waals surface area contributed by atoms with Crippen molar-refractivity contribution >= 4 is 0 Å². The maximum atomic E-state index is 5.86. The molecule has 88 valence electrons. The van der Waals surface area contributed by atoms with Crippen molar-refractivity contribution in [1.29, 1.82) is 0 Å². The van der Waals surface area contributed by atoms with Gasteiger partial charge in [0.25, 0.3) is 0 Å². The van der Waals surface area contributed by atoms with E-state index in [2.05, 4.69) is 51.2 Å². The number of nitrogens with one attached hydrogen (secondary N) is 1. The lowest BCUT2D eigenvalue weighted by Gasteiger charge is -2.32. The Morgan fingerprint density at radius 1 is 1.38 bits per heavy atom. The van der Waals surface area contributed by atoms with Crippen LogP contribution in [0.2, 0.25) is 0 Å². The molecule has 0 fully saturated rings. The molecule has 0 saturated carbocycles. The van der Waals surface area contributed by atoms with E-state index in [0.717, 1.165) is 12.2 Å². The van der Waals surface area contributed by atoms with Gasteiger partial charge in [-0.25, -0.2) is 0 Å². The Morgan fingerprint density at radius 3 is 2.81 bits per heavy atom. The summed E-state index contributed by atoms with van der Waals surface area (Å²) in [5.74, 6) is 1.04. The van der Waals surface area contributed by atoms with Gasteiger partial charge in [-0.1, -0.05) is 31.5 Å². The molecule has 0 amide bonds. The lowest BCUT2D eigenvalue weighted by molar-refractivity contribution is 0.163. The van der Waals surface area contributed by atoms with Crippen LogP contribution in [0.5, 0.6) is 5.75 Å². The van der Waals surface area contributed by atoms with Gasteiger partial charge in [0.2, 0.25) is 0 Å². The predicted molar refractivity (Wildman–Crippen MR) is 66.9 cm³/mol. The summed E-state index contributed by atoms with van der Waals surface area (Å²) in [5, 5.41) is 3.62. The molecule has 0 spiro atoms. The Kier molecular flexibility index (Phi) is 3.20. The molecule has 16 heavy (non-hydrogen) atoms. The van der Waals surface area contributed by atoms with E-state index in [1.807, 2.05) is 0 Å². The van der Waals surface area contributed by atoms with Gasteiger partial charge in [-0.15, -0.1) is 0 Å². The minimum Gasteiger partial charge on any atom is -0.490 e. The highest BCUT2D eigenvalue weighted by Crippen LogP contribution is 2.35. The molecule has 0 saturated heterocycles. The number of aryl methyl sites for hydroxylation is 1. The molecule has 2 rings (SSSR count). The molecule has 2 atom stereocenters. The summed E-state index contributed by atoms with van der Waals surface area (Å²) >= 11 is 0. The second-order valence-electron chi connectivity index (χ2n) is 5.08. The summed E-state index contributed by atoms with van der Waals surface area (Å²) in [6.45, 7) is 8.65. The van der Waals surface area contributed by atoms with Crippen LogP contribution in [0.4, 0.5) is 0 Å². The number of benzene rings is 1. The van der Waals surface area contributed by atoms with Crippen molar-refractivity contribution in [2.75, 3.05) is 0 Å². The van der Waals surface area contributed by atoms with E-state index in [0.29, 0.717) is 18.2 Å². The number of ether oxygens (including phenoxy) is 1. The third-order valence-corrected chi connectivity index (χ3v) is 2.97. The zero-order chi connectivity index (χ0) is 11.7. The average Bonchev–Trinajstić information content (AvgIpc) is 2.18. The Bertz CT molecular complexity index is 373. The quantitative estimate of drug-likeness (QED) is 0.824. The molecule has 1 aliphatic heterocycles. The number of hydrogen-bond acceptors (Lipinski definition) is 2. The first-order chi connectivity index (χ1) is 7.56. The molecule has 1 aromatic rings. The standard InChI is InChI=1S/C14H21NO/c1-9(2)15-13-8-11(4)16-14-6-5-10(3)7-12(13)14/h5-7,9,11,13,15H,8H2,1-4H3. The first kappa shape index (κ1) is 11.5. The Hall–Kier alpha value is -1.02. The summed E-state index contributed by atoms with van der Waals surface area (Å²) < 4.78 is 5.86. The summed E-state index contributed by atoms with van der Waals surface area (Å²) in [5.41, 5.74) is 2.61. The fourth-order valence-electron chi connectivity index (χ4n) is 2.33. The lowest BCUT2D eigenvalue weighted by Crippen LogP contribution is -2.35. The van der Waals surface area contributed by atoms with Crippen LogP contribution in [0.3, 0.4) is 0 Å². The largest absolute Gasteiger partial charge is 0.490 e. The lowest BCUT2D eigenvalue weighted by atomic mass is 9.95. The third-order valence-electron chi connectivity index (χ3n) is 2.97. The molecule has 0 radical (unpaired) electrons. The van der Waals surface area contributed by atoms with Gasteiger partial charge in [0, 0.05) is 24.1 Å². The van der Waals surface area contributed by atoms with Crippen LogP contribution >= 0.6 is 0 Å². The van der Waals surface area contributed by atoms with E-state index in [4.69, 9.17) is 4.74 Å². The highest BCUT2D eigenvalue weighted by molar-refractivity contribution is 5.40. The Labute approximate surface area is 98.0 Å². The first-order valence-electron chi connectivity index (χ1n) is 6.09. The fraction of sp³-hybridized carbons (Fsp3) is 0.571. The molecule has 2 nitrogen and oxygen atoms in total. The molecule has 1 aromatic carbocycles. The van der Waals surface area contributed by atoms with Crippen LogP contribution < -0.4 is 10.1 Å². The summed E-state index contributed by atoms with van der Waals surface area (Å²) in [7, 11) is 0. The van der Waals surface area contributed by atoms with Crippen LogP contribution in [-0.2, 0) is 0 Å². The van der Waals surface area contributed by atoms with Gasteiger partial charge in [-0.2, -0.15) is 0 Å². The van der Waals surface area contributed by atoms with Gasteiger partial charge in [-0.3, -0.25) is 0 Å². The zero-order valence-electron chi connectivity index (χ0n) is 10.6. The van der Waals surface area contributed by atoms with Crippen molar-refractivity contribution in [3.05, 3.63) is 29.3 Å². The Morgan fingerprint density at radius 2 is 2.12 bits per heavy atom. The van der Waals surface area contributed by atoms with E-state index >= 15 is 0 Å². The second-order valence-corrected chi connectivity index (χ2v) is 5.08. The smallest absolute Gasteiger partial charge is 0.124 e. The maximum Gasteiger partial charge on any atom is 0.124 e. The molecule has 1 N–H and O–H groups in total. The van der Waals surface area contributed by atoms with E-state index in [1.54, 1.807) is 0 Å². The van der Waals surface area contributed by atoms with Crippen LogP contribution in [0.15, 0.2) is 18.2 Å². The van der Waals surface area contributed by atoms with E-state index in [9.17, 15) is 0 Å². The molecule has 0 bridgehead atoms. The van der Waals surface area contributed by atoms with Gasteiger partial charge < -0.3 is 10.1 Å². The summed E-state index contributed by atoms with van der Waals surface area (Å²) in [6.07, 6.45) is 1.35. The fourth-order valence-corrected chi connectivity index (χ4v) is 2.33. The van der Waals surface area contributed by atoms with Crippen molar-refractivity contribution in [3.63, 3.8) is 0 Å². The van der Waals surface area contributed by atoms with Gasteiger partial charge in [0.15, 0.2) is 0 Å².